The predicted molar refractivity (Wildman–Crippen MR) is 66.6 cm³/mol. The number of carbonyl (C=O) groups excluding carboxylic acids is 1. The summed E-state index contributed by atoms with van der Waals surface area (Å²) in [5.74, 6) is -0.167. The van der Waals surface area contributed by atoms with Crippen LogP contribution in [0, 0.1) is 5.41 Å². The van der Waals surface area contributed by atoms with E-state index in [4.69, 9.17) is 15.2 Å². The molecule has 0 amide bonds. The van der Waals surface area contributed by atoms with Gasteiger partial charge in [0.25, 0.3) is 0 Å². The second-order valence-electron chi connectivity index (χ2n) is 5.69. The number of esters is 1. The molecule has 100 valence electrons. The van der Waals surface area contributed by atoms with Gasteiger partial charge in [0.2, 0.25) is 0 Å². The molecule has 0 saturated heterocycles. The highest BCUT2D eigenvalue weighted by Gasteiger charge is 2.46. The Bertz CT molecular complexity index is 262. The average Bonchev–Trinajstić information content (AvgIpc) is 2.28. The third kappa shape index (κ3) is 3.19. The molecule has 0 aliphatic heterocycles. The maximum Gasteiger partial charge on any atom is 0.306 e. The van der Waals surface area contributed by atoms with Crippen LogP contribution in [-0.4, -0.2) is 31.8 Å². The molecule has 0 unspecified atom stereocenters. The summed E-state index contributed by atoms with van der Waals surface area (Å²) in [6.45, 7) is 4.01. The van der Waals surface area contributed by atoms with E-state index in [1.807, 2.05) is 13.8 Å². The van der Waals surface area contributed by atoms with Gasteiger partial charge in [0.15, 0.2) is 0 Å². The van der Waals surface area contributed by atoms with Crippen molar-refractivity contribution in [2.45, 2.75) is 57.6 Å². The second kappa shape index (κ2) is 5.36. The Morgan fingerprint density at radius 3 is 2.24 bits per heavy atom. The highest BCUT2D eigenvalue weighted by Crippen LogP contribution is 2.47. The molecule has 1 fully saturated rings. The SMILES string of the molecule is COC(=O)CC1(C(C)(C)N)CCC(OC)CC1. The molecule has 4 nitrogen and oxygen atoms in total. The van der Waals surface area contributed by atoms with Gasteiger partial charge < -0.3 is 15.2 Å². The average molecular weight is 243 g/mol. The zero-order valence-corrected chi connectivity index (χ0v) is 11.4. The van der Waals surface area contributed by atoms with E-state index in [1.165, 1.54) is 7.11 Å². The minimum Gasteiger partial charge on any atom is -0.469 e. The van der Waals surface area contributed by atoms with Crippen LogP contribution in [-0.2, 0) is 14.3 Å². The van der Waals surface area contributed by atoms with Gasteiger partial charge in [-0.15, -0.1) is 0 Å². The van der Waals surface area contributed by atoms with Gasteiger partial charge in [0, 0.05) is 12.6 Å². The van der Waals surface area contributed by atoms with Crippen LogP contribution in [0.15, 0.2) is 0 Å². The van der Waals surface area contributed by atoms with Crippen molar-refractivity contribution >= 4 is 5.97 Å². The molecule has 1 rings (SSSR count). The van der Waals surface area contributed by atoms with Gasteiger partial charge in [-0.25, -0.2) is 0 Å². The Morgan fingerprint density at radius 2 is 1.88 bits per heavy atom. The van der Waals surface area contributed by atoms with Crippen molar-refractivity contribution in [1.29, 1.82) is 0 Å². The number of ether oxygens (including phenoxy) is 2. The third-order valence-corrected chi connectivity index (χ3v) is 4.30. The van der Waals surface area contributed by atoms with Crippen LogP contribution in [0.3, 0.4) is 0 Å². The Hall–Kier alpha value is -0.610. The van der Waals surface area contributed by atoms with Crippen molar-refractivity contribution < 1.29 is 14.3 Å². The minimum absolute atomic E-state index is 0.158. The maximum absolute atomic E-state index is 11.6. The molecule has 1 aliphatic rings. The van der Waals surface area contributed by atoms with Gasteiger partial charge in [0.1, 0.15) is 0 Å². The fraction of sp³-hybridized carbons (Fsp3) is 0.923. The highest BCUT2D eigenvalue weighted by molar-refractivity contribution is 5.70. The van der Waals surface area contributed by atoms with Gasteiger partial charge >= 0.3 is 5.97 Å². The largest absolute Gasteiger partial charge is 0.469 e. The van der Waals surface area contributed by atoms with E-state index in [2.05, 4.69) is 0 Å². The lowest BCUT2D eigenvalue weighted by Crippen LogP contribution is -2.54. The summed E-state index contributed by atoms with van der Waals surface area (Å²) in [7, 11) is 3.17. The predicted octanol–water partition coefficient (Wildman–Crippen LogP) is 1.86. The monoisotopic (exact) mass is 243 g/mol. The molecule has 17 heavy (non-hydrogen) atoms. The highest BCUT2D eigenvalue weighted by atomic mass is 16.5. The molecule has 0 spiro atoms. The summed E-state index contributed by atoms with van der Waals surface area (Å²) in [4.78, 5) is 11.6. The smallest absolute Gasteiger partial charge is 0.306 e. The van der Waals surface area contributed by atoms with Crippen LogP contribution in [0.4, 0.5) is 0 Å². The van der Waals surface area contributed by atoms with E-state index >= 15 is 0 Å². The van der Waals surface area contributed by atoms with Crippen molar-refractivity contribution in [3.8, 4) is 0 Å². The topological polar surface area (TPSA) is 61.5 Å². The van der Waals surface area contributed by atoms with Crippen LogP contribution < -0.4 is 5.73 Å². The van der Waals surface area contributed by atoms with E-state index in [0.29, 0.717) is 12.5 Å². The number of nitrogens with two attached hydrogens (primary N) is 1. The molecular formula is C13H25NO3. The number of methoxy groups -OCH3 is 2. The van der Waals surface area contributed by atoms with Crippen molar-refractivity contribution in [1.82, 2.24) is 0 Å². The zero-order valence-electron chi connectivity index (χ0n) is 11.4. The standard InChI is InChI=1S/C13H25NO3/c1-12(2,14)13(9-11(15)17-4)7-5-10(16-3)6-8-13/h10H,5-9,14H2,1-4H3. The lowest BCUT2D eigenvalue weighted by Gasteiger charge is -2.48. The van der Waals surface area contributed by atoms with E-state index < -0.39 is 0 Å². The first-order valence-corrected chi connectivity index (χ1v) is 6.23. The number of carbonyl (C=O) groups is 1. The Morgan fingerprint density at radius 1 is 1.35 bits per heavy atom. The normalized spacial score (nSPS) is 30.1. The van der Waals surface area contributed by atoms with Crippen LogP contribution in [0.2, 0.25) is 0 Å². The van der Waals surface area contributed by atoms with Crippen molar-refractivity contribution in [3.63, 3.8) is 0 Å². The van der Waals surface area contributed by atoms with Gasteiger partial charge in [-0.1, -0.05) is 0 Å². The Labute approximate surface area is 104 Å². The maximum atomic E-state index is 11.6. The summed E-state index contributed by atoms with van der Waals surface area (Å²) < 4.78 is 10.2. The summed E-state index contributed by atoms with van der Waals surface area (Å²) >= 11 is 0. The van der Waals surface area contributed by atoms with Crippen molar-refractivity contribution in [2.75, 3.05) is 14.2 Å². The first-order valence-electron chi connectivity index (χ1n) is 6.23. The fourth-order valence-corrected chi connectivity index (χ4v) is 2.78. The van der Waals surface area contributed by atoms with Crippen molar-refractivity contribution in [2.24, 2.45) is 11.1 Å². The van der Waals surface area contributed by atoms with E-state index in [0.717, 1.165) is 25.7 Å². The number of hydrogen-bond donors (Lipinski definition) is 1. The molecule has 0 heterocycles. The minimum atomic E-state index is -0.375. The molecule has 4 heteroatoms. The van der Waals surface area contributed by atoms with E-state index in [9.17, 15) is 4.79 Å². The lowest BCUT2D eigenvalue weighted by atomic mass is 9.61. The summed E-state index contributed by atoms with van der Waals surface area (Å²) in [5, 5.41) is 0. The first kappa shape index (κ1) is 14.5. The Kier molecular flexibility index (Phi) is 4.55. The molecule has 0 bridgehead atoms. The second-order valence-corrected chi connectivity index (χ2v) is 5.69. The molecule has 1 saturated carbocycles. The third-order valence-electron chi connectivity index (χ3n) is 4.30. The number of rotatable bonds is 4. The van der Waals surface area contributed by atoms with E-state index in [1.54, 1.807) is 7.11 Å². The van der Waals surface area contributed by atoms with E-state index in [-0.39, 0.29) is 16.9 Å². The molecule has 0 aromatic carbocycles. The van der Waals surface area contributed by atoms with Crippen LogP contribution in [0.1, 0.15) is 46.0 Å². The molecule has 0 aromatic rings. The molecule has 1 aliphatic carbocycles. The van der Waals surface area contributed by atoms with Crippen LogP contribution >= 0.6 is 0 Å². The van der Waals surface area contributed by atoms with Gasteiger partial charge in [-0.2, -0.15) is 0 Å². The van der Waals surface area contributed by atoms with Gasteiger partial charge in [0.05, 0.1) is 19.6 Å². The summed E-state index contributed by atoms with van der Waals surface area (Å²) in [6, 6.07) is 0. The molecular weight excluding hydrogens is 218 g/mol. The quantitative estimate of drug-likeness (QED) is 0.766. The molecule has 0 aromatic heterocycles. The van der Waals surface area contributed by atoms with Crippen LogP contribution in [0.5, 0.6) is 0 Å². The molecule has 2 N–H and O–H groups in total. The number of hydrogen-bond acceptors (Lipinski definition) is 4. The zero-order chi connectivity index (χ0) is 13.1. The molecule has 0 radical (unpaired) electrons. The Balaban J connectivity index is 2.79. The summed E-state index contributed by atoms with van der Waals surface area (Å²) in [6.07, 6.45) is 4.49. The van der Waals surface area contributed by atoms with Crippen LogP contribution in [0.25, 0.3) is 0 Å². The molecule has 0 atom stereocenters. The first-order chi connectivity index (χ1) is 7.84. The van der Waals surface area contributed by atoms with Gasteiger partial charge in [-0.05, 0) is 44.9 Å². The van der Waals surface area contributed by atoms with Crippen molar-refractivity contribution in [3.05, 3.63) is 0 Å². The lowest BCUT2D eigenvalue weighted by molar-refractivity contribution is -0.146. The summed E-state index contributed by atoms with van der Waals surface area (Å²) in [5.41, 5.74) is 5.75. The fourth-order valence-electron chi connectivity index (χ4n) is 2.78. The van der Waals surface area contributed by atoms with Gasteiger partial charge in [-0.3, -0.25) is 4.79 Å².